The third-order valence-corrected chi connectivity index (χ3v) is 1.64. The third kappa shape index (κ3) is 1.45. The van der Waals surface area contributed by atoms with E-state index in [1.165, 1.54) is 13.0 Å². The summed E-state index contributed by atoms with van der Waals surface area (Å²) in [6.45, 7) is 1.51. The van der Waals surface area contributed by atoms with Gasteiger partial charge in [-0.2, -0.15) is 0 Å². The first-order valence-corrected chi connectivity index (χ1v) is 3.46. The molecule has 0 spiro atoms. The van der Waals surface area contributed by atoms with Gasteiger partial charge in [-0.3, -0.25) is 15.3 Å². The number of hydrogen-bond donors (Lipinski definition) is 1. The van der Waals surface area contributed by atoms with Crippen molar-refractivity contribution in [2.24, 2.45) is 0 Å². The molecule has 0 aromatic carbocycles. The zero-order valence-corrected chi connectivity index (χ0v) is 6.95. The zero-order chi connectivity index (χ0) is 9.30. The van der Waals surface area contributed by atoms with E-state index in [2.05, 4.69) is 0 Å². The molecule has 0 amide bonds. The number of rotatable bonds is 1. The van der Waals surface area contributed by atoms with Crippen LogP contribution in [0.4, 0.5) is 5.69 Å². The molecule has 0 bridgehead atoms. The van der Waals surface area contributed by atoms with Crippen LogP contribution in [-0.2, 0) is 0 Å². The Morgan fingerprint density at radius 3 is 2.67 bits per heavy atom. The minimum absolute atomic E-state index is 0.0818. The van der Waals surface area contributed by atoms with Crippen molar-refractivity contribution in [1.82, 2.24) is 0 Å². The summed E-state index contributed by atoms with van der Waals surface area (Å²) in [5.74, 6) is 0. The van der Waals surface area contributed by atoms with Crippen molar-refractivity contribution in [2.75, 3.05) is 0 Å². The van der Waals surface area contributed by atoms with Crippen LogP contribution in [0.3, 0.4) is 0 Å². The van der Waals surface area contributed by atoms with Crippen molar-refractivity contribution in [3.8, 4) is 0 Å². The van der Waals surface area contributed by atoms with E-state index in [9.17, 15) is 10.1 Å². The van der Waals surface area contributed by atoms with E-state index in [0.717, 1.165) is 6.07 Å². The topological polar surface area (TPSA) is 67.2 Å². The number of halogens is 1. The first-order chi connectivity index (χ1) is 5.52. The van der Waals surface area contributed by atoms with Gasteiger partial charge in [-0.15, -0.1) is 0 Å². The fourth-order valence-corrected chi connectivity index (χ4v) is 1.02. The van der Waals surface area contributed by atoms with Crippen LogP contribution in [0.25, 0.3) is 0 Å². The number of aryl methyl sites for hydroxylation is 1. The summed E-state index contributed by atoms with van der Waals surface area (Å²) >= 11 is 5.47. The van der Waals surface area contributed by atoms with Crippen LogP contribution >= 0.6 is 11.6 Å². The monoisotopic (exact) mass is 189 g/mol. The second-order valence-corrected chi connectivity index (χ2v) is 2.63. The van der Waals surface area contributed by atoms with Crippen LogP contribution in [-0.4, -0.2) is 10.1 Å². The Hall–Kier alpha value is -1.36. The smallest absolute Gasteiger partial charge is 0.283 e. The molecular weight excluding hydrogens is 184 g/mol. The van der Waals surface area contributed by atoms with E-state index in [1.54, 1.807) is 0 Å². The highest BCUT2D eigenvalue weighted by atomic mass is 35.5. The predicted octanol–water partition coefficient (Wildman–Crippen LogP) is 1.08. The maximum absolute atomic E-state index is 10.3. The first kappa shape index (κ1) is 8.73. The second-order valence-electron chi connectivity index (χ2n) is 2.25. The van der Waals surface area contributed by atoms with Gasteiger partial charge in [-0.25, -0.2) is 0 Å². The Morgan fingerprint density at radius 1 is 1.67 bits per heavy atom. The number of pyridine rings is 1. The van der Waals surface area contributed by atoms with E-state index < -0.39 is 4.92 Å². The molecular formula is C6H6ClN2O3+. The fraction of sp³-hybridized carbons (Fsp3) is 0.167. The number of nitrogens with zero attached hydrogens (tertiary/aromatic N) is 2. The summed E-state index contributed by atoms with van der Waals surface area (Å²) in [5.41, 5.74) is 0.178. The molecule has 0 saturated carbocycles. The molecule has 0 aliphatic heterocycles. The van der Waals surface area contributed by atoms with E-state index in [-0.39, 0.29) is 10.8 Å². The van der Waals surface area contributed by atoms with Gasteiger partial charge in [0, 0.05) is 11.7 Å². The van der Waals surface area contributed by atoms with Crippen molar-refractivity contribution >= 4 is 17.3 Å². The van der Waals surface area contributed by atoms with Gasteiger partial charge in [0.05, 0.1) is 11.0 Å². The number of hydrogen-bond acceptors (Lipinski definition) is 3. The highest BCUT2D eigenvalue weighted by Gasteiger charge is 2.19. The van der Waals surface area contributed by atoms with E-state index in [1.807, 2.05) is 0 Å². The number of nitro groups is 1. The Kier molecular flexibility index (Phi) is 2.14. The molecule has 12 heavy (non-hydrogen) atoms. The van der Waals surface area contributed by atoms with Crippen LogP contribution in [0, 0.1) is 17.0 Å². The SMILES string of the molecule is Cc1cc([N+](=O)[O-])cc(Cl)[n+]1O. The summed E-state index contributed by atoms with van der Waals surface area (Å²) in [6, 6.07) is 2.31. The zero-order valence-electron chi connectivity index (χ0n) is 6.19. The second kappa shape index (κ2) is 2.94. The van der Waals surface area contributed by atoms with Crippen molar-refractivity contribution in [1.29, 1.82) is 0 Å². The molecule has 1 N–H and O–H groups in total. The minimum Gasteiger partial charge on any atom is -0.283 e. The third-order valence-electron chi connectivity index (χ3n) is 1.37. The van der Waals surface area contributed by atoms with Gasteiger partial charge >= 0.3 is 5.15 Å². The van der Waals surface area contributed by atoms with Crippen LogP contribution in [0.1, 0.15) is 5.69 Å². The van der Waals surface area contributed by atoms with Crippen LogP contribution < -0.4 is 4.73 Å². The van der Waals surface area contributed by atoms with Crippen LogP contribution in [0.2, 0.25) is 5.15 Å². The quantitative estimate of drug-likeness (QED) is 0.236. The molecule has 0 saturated heterocycles. The van der Waals surface area contributed by atoms with Crippen LogP contribution in [0.5, 0.6) is 0 Å². The summed E-state index contributed by atoms with van der Waals surface area (Å²) in [7, 11) is 0. The van der Waals surface area contributed by atoms with Crippen LogP contribution in [0.15, 0.2) is 12.1 Å². The maximum atomic E-state index is 10.3. The average Bonchev–Trinajstić information content (AvgIpc) is 1.99. The van der Waals surface area contributed by atoms with Crippen molar-refractivity contribution in [3.63, 3.8) is 0 Å². The Balaban J connectivity index is 3.31. The molecule has 1 aromatic rings. The van der Waals surface area contributed by atoms with Gasteiger partial charge in [0.15, 0.2) is 0 Å². The summed E-state index contributed by atoms with van der Waals surface area (Å²) in [4.78, 5) is 9.70. The van der Waals surface area contributed by atoms with E-state index in [4.69, 9.17) is 16.8 Å². The van der Waals surface area contributed by atoms with Gasteiger partial charge in [-0.05, 0) is 11.6 Å². The predicted molar refractivity (Wildman–Crippen MR) is 40.2 cm³/mol. The molecule has 0 atom stereocenters. The average molecular weight is 190 g/mol. The Bertz CT molecular complexity index is 317. The van der Waals surface area contributed by atoms with E-state index >= 15 is 0 Å². The molecule has 0 fully saturated rings. The molecule has 6 heteroatoms. The molecule has 1 rings (SSSR count). The molecule has 1 heterocycles. The normalized spacial score (nSPS) is 9.83. The molecule has 0 aliphatic rings. The molecule has 1 aromatic heterocycles. The fourth-order valence-electron chi connectivity index (χ4n) is 0.774. The summed E-state index contributed by atoms with van der Waals surface area (Å²) < 4.78 is 0.675. The van der Waals surface area contributed by atoms with E-state index in [0.29, 0.717) is 10.4 Å². The molecule has 0 unspecified atom stereocenters. The summed E-state index contributed by atoms with van der Waals surface area (Å²) in [6.07, 6.45) is 0. The highest BCUT2D eigenvalue weighted by Crippen LogP contribution is 2.14. The lowest BCUT2D eigenvalue weighted by atomic mass is 10.3. The van der Waals surface area contributed by atoms with Gasteiger partial charge in [0.2, 0.25) is 5.69 Å². The molecule has 0 aliphatic carbocycles. The maximum Gasteiger partial charge on any atom is 0.332 e. The molecule has 5 nitrogen and oxygen atoms in total. The summed E-state index contributed by atoms with van der Waals surface area (Å²) in [5, 5.41) is 19.3. The van der Waals surface area contributed by atoms with Gasteiger partial charge in [0.25, 0.3) is 5.69 Å². The lowest BCUT2D eigenvalue weighted by Crippen LogP contribution is -2.34. The number of aromatic nitrogens is 1. The van der Waals surface area contributed by atoms with Crippen molar-refractivity contribution in [3.05, 3.63) is 33.1 Å². The minimum atomic E-state index is -0.571. The Morgan fingerprint density at radius 2 is 2.25 bits per heavy atom. The molecule has 0 radical (unpaired) electrons. The van der Waals surface area contributed by atoms with Gasteiger partial charge in [0.1, 0.15) is 6.07 Å². The van der Waals surface area contributed by atoms with Gasteiger partial charge < -0.3 is 0 Å². The lowest BCUT2D eigenvalue weighted by Gasteiger charge is -1.92. The molecule has 64 valence electrons. The largest absolute Gasteiger partial charge is 0.332 e. The lowest BCUT2D eigenvalue weighted by molar-refractivity contribution is -0.907. The standard InChI is InChI=1S/C6H6ClN2O3/c1-4-2-5(9(11)12)3-6(7)8(4)10/h2-3,10H,1H3/q+1. The highest BCUT2D eigenvalue weighted by molar-refractivity contribution is 6.28. The van der Waals surface area contributed by atoms with Crippen molar-refractivity contribution in [2.45, 2.75) is 6.92 Å². The Labute approximate surface area is 72.9 Å². The first-order valence-electron chi connectivity index (χ1n) is 3.08. The van der Waals surface area contributed by atoms with Crippen molar-refractivity contribution < 1.29 is 14.9 Å². The van der Waals surface area contributed by atoms with Gasteiger partial charge in [-0.1, -0.05) is 0 Å².